The summed E-state index contributed by atoms with van der Waals surface area (Å²) in [6, 6.07) is 5.53. The van der Waals surface area contributed by atoms with Crippen LogP contribution in [0.2, 0.25) is 0 Å². The summed E-state index contributed by atoms with van der Waals surface area (Å²) < 4.78 is 39.7. The van der Waals surface area contributed by atoms with Crippen LogP contribution in [-0.2, 0) is 6.18 Å². The summed E-state index contributed by atoms with van der Waals surface area (Å²) in [6.07, 6.45) is -3.52. The van der Waals surface area contributed by atoms with Gasteiger partial charge in [0.25, 0.3) is 5.69 Å². The number of nitrogens with zero attached hydrogens (tertiary/aromatic N) is 6. The van der Waals surface area contributed by atoms with Crippen molar-refractivity contribution in [3.05, 3.63) is 56.1 Å². The summed E-state index contributed by atoms with van der Waals surface area (Å²) in [5.74, 6) is 0.0841. The van der Waals surface area contributed by atoms with Gasteiger partial charge in [-0.25, -0.2) is 9.67 Å². The number of hydrogen-bond donors (Lipinski definition) is 1. The number of nitro benzene ring substituents is 1. The van der Waals surface area contributed by atoms with E-state index in [1.807, 2.05) is 0 Å². The van der Waals surface area contributed by atoms with E-state index in [-0.39, 0.29) is 33.1 Å². The predicted molar refractivity (Wildman–Crippen MR) is 89.9 cm³/mol. The third-order valence-electron chi connectivity index (χ3n) is 3.61. The van der Waals surface area contributed by atoms with Crippen LogP contribution >= 0.6 is 15.9 Å². The molecule has 13 heteroatoms. The number of nitriles is 2. The van der Waals surface area contributed by atoms with Crippen molar-refractivity contribution in [3.8, 4) is 29.2 Å². The van der Waals surface area contributed by atoms with Gasteiger partial charge < -0.3 is 4.98 Å². The maximum Gasteiger partial charge on any atom is 0.416 e. The van der Waals surface area contributed by atoms with Crippen LogP contribution in [0.3, 0.4) is 0 Å². The third kappa shape index (κ3) is 3.19. The van der Waals surface area contributed by atoms with Crippen LogP contribution in [0.15, 0.2) is 29.0 Å². The maximum atomic E-state index is 12.9. The molecule has 0 radical (unpaired) electrons. The van der Waals surface area contributed by atoms with Gasteiger partial charge in [0.05, 0.1) is 22.2 Å². The SMILES string of the molecule is N#Cc1nc(-c2cnn(-c3ccc(C(F)(F)F)cc3[N+](=O)[O-])c2Br)[nH]c1C#N. The molecule has 0 bridgehead atoms. The van der Waals surface area contributed by atoms with Gasteiger partial charge in [-0.3, -0.25) is 10.1 Å². The van der Waals surface area contributed by atoms with Crippen molar-refractivity contribution in [2.75, 3.05) is 0 Å². The number of aromatic amines is 1. The van der Waals surface area contributed by atoms with E-state index in [0.717, 1.165) is 10.7 Å². The van der Waals surface area contributed by atoms with Crippen LogP contribution in [-0.4, -0.2) is 24.7 Å². The second-order valence-corrected chi connectivity index (χ2v) is 6.00. The zero-order valence-electron chi connectivity index (χ0n) is 13.3. The highest BCUT2D eigenvalue weighted by Crippen LogP contribution is 2.36. The Morgan fingerprint density at radius 1 is 1.29 bits per heavy atom. The molecule has 9 nitrogen and oxygen atoms in total. The molecular formula is C15H5BrF3N7O2. The van der Waals surface area contributed by atoms with Crippen LogP contribution in [0.25, 0.3) is 17.1 Å². The zero-order chi connectivity index (χ0) is 20.6. The average molecular weight is 452 g/mol. The number of halogens is 4. The molecule has 140 valence electrons. The lowest BCUT2D eigenvalue weighted by Gasteiger charge is -2.09. The molecule has 0 aliphatic rings. The molecule has 0 saturated heterocycles. The number of H-pyrrole nitrogens is 1. The Kier molecular flexibility index (Phi) is 4.62. The van der Waals surface area contributed by atoms with Crippen molar-refractivity contribution in [2.24, 2.45) is 0 Å². The second-order valence-electron chi connectivity index (χ2n) is 5.25. The minimum atomic E-state index is -4.74. The maximum absolute atomic E-state index is 12.9. The number of rotatable bonds is 3. The fourth-order valence-electron chi connectivity index (χ4n) is 2.35. The minimum Gasteiger partial charge on any atom is -0.328 e. The molecule has 3 rings (SSSR count). The molecule has 3 aromatic rings. The van der Waals surface area contributed by atoms with E-state index in [9.17, 15) is 23.3 Å². The molecular weight excluding hydrogens is 447 g/mol. The third-order valence-corrected chi connectivity index (χ3v) is 4.38. The summed E-state index contributed by atoms with van der Waals surface area (Å²) in [7, 11) is 0. The predicted octanol–water partition coefficient (Wildman–Crippen LogP) is 3.70. The van der Waals surface area contributed by atoms with Gasteiger partial charge in [-0.05, 0) is 28.1 Å². The van der Waals surface area contributed by atoms with Crippen molar-refractivity contribution in [2.45, 2.75) is 6.18 Å². The van der Waals surface area contributed by atoms with Crippen molar-refractivity contribution in [1.29, 1.82) is 10.5 Å². The van der Waals surface area contributed by atoms with Crippen molar-refractivity contribution >= 4 is 21.6 Å². The summed E-state index contributed by atoms with van der Waals surface area (Å²) in [4.78, 5) is 16.9. The van der Waals surface area contributed by atoms with Gasteiger partial charge in [0.2, 0.25) is 0 Å². The molecule has 0 saturated carbocycles. The van der Waals surface area contributed by atoms with Crippen LogP contribution in [0.1, 0.15) is 17.0 Å². The number of aromatic nitrogens is 4. The molecule has 1 aromatic carbocycles. The van der Waals surface area contributed by atoms with E-state index >= 15 is 0 Å². The first-order valence-corrected chi connectivity index (χ1v) is 7.96. The average Bonchev–Trinajstić information content (AvgIpc) is 3.23. The van der Waals surface area contributed by atoms with Crippen LogP contribution in [0.4, 0.5) is 18.9 Å². The van der Waals surface area contributed by atoms with Crippen LogP contribution in [0.5, 0.6) is 0 Å². The number of nitro groups is 1. The molecule has 0 aliphatic heterocycles. The highest BCUT2D eigenvalue weighted by Gasteiger charge is 2.33. The topological polar surface area (TPSA) is 137 Å². The van der Waals surface area contributed by atoms with Crippen LogP contribution < -0.4 is 0 Å². The molecule has 2 heterocycles. The number of hydrogen-bond acceptors (Lipinski definition) is 6. The van der Waals surface area contributed by atoms with Crippen molar-refractivity contribution < 1.29 is 18.1 Å². The Bertz CT molecular complexity index is 1150. The van der Waals surface area contributed by atoms with Gasteiger partial charge in [-0.2, -0.15) is 28.8 Å². The second kappa shape index (κ2) is 6.79. The monoisotopic (exact) mass is 451 g/mol. The Morgan fingerprint density at radius 3 is 2.54 bits per heavy atom. The fourth-order valence-corrected chi connectivity index (χ4v) is 2.92. The van der Waals surface area contributed by atoms with Crippen LogP contribution in [0, 0.1) is 32.8 Å². The first-order chi connectivity index (χ1) is 13.2. The summed E-state index contributed by atoms with van der Waals surface area (Å²) in [5, 5.41) is 33.2. The van der Waals surface area contributed by atoms with Gasteiger partial charge >= 0.3 is 6.18 Å². The Labute approximate surface area is 161 Å². The van der Waals surface area contributed by atoms with E-state index in [1.54, 1.807) is 12.1 Å². The lowest BCUT2D eigenvalue weighted by atomic mass is 10.1. The number of alkyl halides is 3. The molecule has 1 N–H and O–H groups in total. The largest absolute Gasteiger partial charge is 0.416 e. The number of benzene rings is 1. The van der Waals surface area contributed by atoms with E-state index in [0.29, 0.717) is 12.1 Å². The van der Waals surface area contributed by atoms with E-state index in [2.05, 4.69) is 31.0 Å². The summed E-state index contributed by atoms with van der Waals surface area (Å²) in [6.45, 7) is 0. The molecule has 0 atom stereocenters. The molecule has 0 amide bonds. The number of imidazole rings is 1. The highest BCUT2D eigenvalue weighted by atomic mass is 79.9. The molecule has 2 aromatic heterocycles. The zero-order valence-corrected chi connectivity index (χ0v) is 14.9. The van der Waals surface area contributed by atoms with Gasteiger partial charge in [0.15, 0.2) is 11.4 Å². The quantitative estimate of drug-likeness (QED) is 0.475. The summed E-state index contributed by atoms with van der Waals surface area (Å²) in [5.41, 5.74) is -2.19. The Morgan fingerprint density at radius 2 is 2.00 bits per heavy atom. The minimum absolute atomic E-state index is 0.0841. The highest BCUT2D eigenvalue weighted by molar-refractivity contribution is 9.10. The number of nitrogens with one attached hydrogen (secondary N) is 1. The Hall–Kier alpha value is -3.71. The normalized spacial score (nSPS) is 11.1. The fraction of sp³-hybridized carbons (Fsp3) is 0.0667. The molecule has 0 fully saturated rings. The smallest absolute Gasteiger partial charge is 0.328 e. The first kappa shape index (κ1) is 19.1. The lowest BCUT2D eigenvalue weighted by molar-refractivity contribution is -0.384. The van der Waals surface area contributed by atoms with E-state index in [4.69, 9.17) is 10.5 Å². The van der Waals surface area contributed by atoms with Gasteiger partial charge in [-0.15, -0.1) is 0 Å². The van der Waals surface area contributed by atoms with Gasteiger partial charge in [-0.1, -0.05) is 0 Å². The van der Waals surface area contributed by atoms with E-state index < -0.39 is 22.4 Å². The first-order valence-electron chi connectivity index (χ1n) is 7.17. The van der Waals surface area contributed by atoms with Crippen molar-refractivity contribution in [3.63, 3.8) is 0 Å². The molecule has 0 unspecified atom stereocenters. The van der Waals surface area contributed by atoms with E-state index in [1.165, 1.54) is 6.20 Å². The Balaban J connectivity index is 2.15. The van der Waals surface area contributed by atoms with Gasteiger partial charge in [0, 0.05) is 6.07 Å². The summed E-state index contributed by atoms with van der Waals surface area (Å²) >= 11 is 3.17. The van der Waals surface area contributed by atoms with Gasteiger partial charge in [0.1, 0.15) is 28.3 Å². The lowest BCUT2D eigenvalue weighted by Crippen LogP contribution is -2.08. The van der Waals surface area contributed by atoms with Crippen molar-refractivity contribution in [1.82, 2.24) is 19.7 Å². The standard InChI is InChI=1S/C15H5BrF3N7O2/c16-13-8(14-23-9(4-20)10(5-21)24-14)6-22-25(13)11-2-1-7(15(17,18)19)3-12(11)26(27)28/h1-3,6H,(H,23,24). The molecule has 0 spiro atoms. The molecule has 0 aliphatic carbocycles. The molecule has 28 heavy (non-hydrogen) atoms.